The Morgan fingerprint density at radius 2 is 2.00 bits per heavy atom. The molecular weight excluding hydrogens is 184 g/mol. The van der Waals surface area contributed by atoms with Gasteiger partial charge in [-0.25, -0.2) is 0 Å². The van der Waals surface area contributed by atoms with E-state index in [1.54, 1.807) is 0 Å². The average molecular weight is 200 g/mol. The molecule has 0 aliphatic heterocycles. The first-order chi connectivity index (χ1) is 7.31. The number of aldehydes is 1. The van der Waals surface area contributed by atoms with Crippen molar-refractivity contribution in [3.63, 3.8) is 0 Å². The number of benzene rings is 1. The predicted molar refractivity (Wildman–Crippen MR) is 59.9 cm³/mol. The lowest BCUT2D eigenvalue weighted by molar-refractivity contribution is -0.112. The molecule has 2 aliphatic rings. The van der Waals surface area contributed by atoms with Gasteiger partial charge in [-0.3, -0.25) is 0 Å². The van der Waals surface area contributed by atoms with Gasteiger partial charge >= 0.3 is 0 Å². The molecule has 0 heterocycles. The lowest BCUT2D eigenvalue weighted by Gasteiger charge is -2.08. The van der Waals surface area contributed by atoms with E-state index in [4.69, 9.17) is 0 Å². The molecule has 1 saturated carbocycles. The monoisotopic (exact) mass is 200 g/mol. The van der Waals surface area contributed by atoms with Crippen LogP contribution in [0.1, 0.15) is 36.0 Å². The standard InChI is InChI=1S/C14H16O/c15-10-14(6-7-14)9-11-4-5-12-2-1-3-13(12)8-11/h4-5,8,10H,1-3,6-7,9H2. The second kappa shape index (κ2) is 3.19. The minimum Gasteiger partial charge on any atom is -0.303 e. The molecule has 15 heavy (non-hydrogen) atoms. The Bertz CT molecular complexity index is 402. The van der Waals surface area contributed by atoms with E-state index in [-0.39, 0.29) is 5.41 Å². The molecule has 3 rings (SSSR count). The van der Waals surface area contributed by atoms with Gasteiger partial charge in [0.15, 0.2) is 0 Å². The first kappa shape index (κ1) is 9.14. The molecule has 0 saturated heterocycles. The van der Waals surface area contributed by atoms with Gasteiger partial charge in [0, 0.05) is 5.41 Å². The fourth-order valence-corrected chi connectivity index (χ4v) is 2.64. The molecule has 0 aromatic heterocycles. The Kier molecular flexibility index (Phi) is 1.95. The number of carbonyl (C=O) groups excluding carboxylic acids is 1. The molecule has 1 heteroatoms. The average Bonchev–Trinajstić information content (AvgIpc) is 2.88. The van der Waals surface area contributed by atoms with Crippen LogP contribution in [0.2, 0.25) is 0 Å². The molecule has 1 fully saturated rings. The zero-order valence-electron chi connectivity index (χ0n) is 8.96. The molecule has 0 bridgehead atoms. The number of carbonyl (C=O) groups is 1. The predicted octanol–water partition coefficient (Wildman–Crippen LogP) is 2.70. The summed E-state index contributed by atoms with van der Waals surface area (Å²) in [5.41, 5.74) is 4.43. The normalized spacial score (nSPS) is 21.1. The summed E-state index contributed by atoms with van der Waals surface area (Å²) in [6.45, 7) is 0. The first-order valence-electron chi connectivity index (χ1n) is 5.88. The highest BCUT2D eigenvalue weighted by Crippen LogP contribution is 2.46. The van der Waals surface area contributed by atoms with Crippen molar-refractivity contribution in [2.75, 3.05) is 0 Å². The number of fused-ring (bicyclic) bond motifs is 1. The van der Waals surface area contributed by atoms with E-state index >= 15 is 0 Å². The molecule has 0 spiro atoms. The minimum atomic E-state index is 0.0207. The van der Waals surface area contributed by atoms with Gasteiger partial charge in [-0.15, -0.1) is 0 Å². The molecular formula is C14H16O. The van der Waals surface area contributed by atoms with Gasteiger partial charge < -0.3 is 4.79 Å². The van der Waals surface area contributed by atoms with Gasteiger partial charge in [0.2, 0.25) is 0 Å². The van der Waals surface area contributed by atoms with E-state index in [9.17, 15) is 4.79 Å². The van der Waals surface area contributed by atoms with Gasteiger partial charge in [0.1, 0.15) is 6.29 Å². The lowest BCUT2D eigenvalue weighted by Crippen LogP contribution is -2.06. The Labute approximate surface area is 90.5 Å². The summed E-state index contributed by atoms with van der Waals surface area (Å²) in [6, 6.07) is 6.80. The highest BCUT2D eigenvalue weighted by atomic mass is 16.1. The minimum absolute atomic E-state index is 0.0207. The maximum Gasteiger partial charge on any atom is 0.126 e. The van der Waals surface area contributed by atoms with Crippen LogP contribution in [0.5, 0.6) is 0 Å². The molecule has 78 valence electrons. The third-order valence-corrected chi connectivity index (χ3v) is 3.86. The molecule has 0 radical (unpaired) electrons. The fourth-order valence-electron chi connectivity index (χ4n) is 2.64. The smallest absolute Gasteiger partial charge is 0.126 e. The third-order valence-electron chi connectivity index (χ3n) is 3.86. The van der Waals surface area contributed by atoms with Crippen molar-refractivity contribution in [3.05, 3.63) is 34.9 Å². The Balaban J connectivity index is 1.84. The van der Waals surface area contributed by atoms with Crippen LogP contribution < -0.4 is 0 Å². The van der Waals surface area contributed by atoms with Crippen molar-refractivity contribution in [1.82, 2.24) is 0 Å². The van der Waals surface area contributed by atoms with Gasteiger partial charge in [-0.1, -0.05) is 18.2 Å². The van der Waals surface area contributed by atoms with Crippen molar-refractivity contribution in [2.45, 2.75) is 38.5 Å². The van der Waals surface area contributed by atoms with Crippen LogP contribution in [-0.4, -0.2) is 6.29 Å². The van der Waals surface area contributed by atoms with Crippen molar-refractivity contribution < 1.29 is 4.79 Å². The van der Waals surface area contributed by atoms with E-state index in [2.05, 4.69) is 18.2 Å². The summed E-state index contributed by atoms with van der Waals surface area (Å²) in [7, 11) is 0. The van der Waals surface area contributed by atoms with E-state index in [1.807, 2.05) is 0 Å². The molecule has 2 aliphatic carbocycles. The van der Waals surface area contributed by atoms with Crippen molar-refractivity contribution in [1.29, 1.82) is 0 Å². The molecule has 1 aromatic carbocycles. The summed E-state index contributed by atoms with van der Waals surface area (Å²) < 4.78 is 0. The van der Waals surface area contributed by atoms with Gasteiger partial charge in [0.05, 0.1) is 0 Å². The Morgan fingerprint density at radius 3 is 2.73 bits per heavy atom. The van der Waals surface area contributed by atoms with Crippen LogP contribution in [0.25, 0.3) is 0 Å². The second-order valence-electron chi connectivity index (χ2n) is 5.11. The molecule has 0 amide bonds. The van der Waals surface area contributed by atoms with Gasteiger partial charge in [-0.2, -0.15) is 0 Å². The quantitative estimate of drug-likeness (QED) is 0.686. The molecule has 0 N–H and O–H groups in total. The summed E-state index contributed by atoms with van der Waals surface area (Å²) >= 11 is 0. The Hall–Kier alpha value is -1.11. The molecule has 0 unspecified atom stereocenters. The van der Waals surface area contributed by atoms with E-state index in [1.165, 1.54) is 42.2 Å². The zero-order chi connectivity index (χ0) is 10.3. The zero-order valence-corrected chi connectivity index (χ0v) is 8.96. The largest absolute Gasteiger partial charge is 0.303 e. The maximum absolute atomic E-state index is 10.9. The maximum atomic E-state index is 10.9. The fraction of sp³-hybridized carbons (Fsp3) is 0.500. The summed E-state index contributed by atoms with van der Waals surface area (Å²) in [5, 5.41) is 0. The van der Waals surface area contributed by atoms with Crippen LogP contribution in [-0.2, 0) is 24.1 Å². The third kappa shape index (κ3) is 1.60. The summed E-state index contributed by atoms with van der Waals surface area (Å²) in [5.74, 6) is 0. The number of hydrogen-bond acceptors (Lipinski definition) is 1. The van der Waals surface area contributed by atoms with Crippen molar-refractivity contribution in [2.24, 2.45) is 5.41 Å². The first-order valence-corrected chi connectivity index (χ1v) is 5.88. The van der Waals surface area contributed by atoms with Crippen LogP contribution in [0.15, 0.2) is 18.2 Å². The highest BCUT2D eigenvalue weighted by molar-refractivity contribution is 5.64. The van der Waals surface area contributed by atoms with Gasteiger partial charge in [-0.05, 0) is 55.2 Å². The van der Waals surface area contributed by atoms with Crippen LogP contribution in [0.3, 0.4) is 0 Å². The number of rotatable bonds is 3. The summed E-state index contributed by atoms with van der Waals surface area (Å²) in [6.07, 6.45) is 8.09. The highest BCUT2D eigenvalue weighted by Gasteiger charge is 2.42. The molecule has 1 nitrogen and oxygen atoms in total. The van der Waals surface area contributed by atoms with Crippen molar-refractivity contribution in [3.8, 4) is 0 Å². The van der Waals surface area contributed by atoms with E-state index in [0.717, 1.165) is 19.3 Å². The van der Waals surface area contributed by atoms with Crippen molar-refractivity contribution >= 4 is 6.29 Å². The lowest BCUT2D eigenvalue weighted by atomic mass is 9.95. The molecule has 0 atom stereocenters. The Morgan fingerprint density at radius 1 is 1.20 bits per heavy atom. The van der Waals surface area contributed by atoms with Crippen LogP contribution in [0, 0.1) is 5.41 Å². The summed E-state index contributed by atoms with van der Waals surface area (Å²) in [4.78, 5) is 10.9. The van der Waals surface area contributed by atoms with E-state index in [0.29, 0.717) is 0 Å². The second-order valence-corrected chi connectivity index (χ2v) is 5.11. The van der Waals surface area contributed by atoms with E-state index < -0.39 is 0 Å². The van der Waals surface area contributed by atoms with Crippen LogP contribution in [0.4, 0.5) is 0 Å². The molecule has 1 aromatic rings. The topological polar surface area (TPSA) is 17.1 Å². The van der Waals surface area contributed by atoms with Gasteiger partial charge in [0.25, 0.3) is 0 Å². The van der Waals surface area contributed by atoms with Crippen LogP contribution >= 0.6 is 0 Å². The number of hydrogen-bond donors (Lipinski definition) is 0. The SMILES string of the molecule is O=CC1(Cc2ccc3c(c2)CCC3)CC1. The number of aryl methyl sites for hydroxylation is 2.